The highest BCUT2D eigenvalue weighted by Gasteiger charge is 2.36. The molecule has 1 saturated heterocycles. The predicted molar refractivity (Wildman–Crippen MR) is 73.4 cm³/mol. The minimum atomic E-state index is -0.335. The topological polar surface area (TPSA) is 48.0 Å². The quantitative estimate of drug-likeness (QED) is 0.415. The molecule has 0 aliphatic carbocycles. The number of ether oxygens (including phenoxy) is 3. The number of aldehydes is 1. The van der Waals surface area contributed by atoms with Crippen LogP contribution in [-0.2, 0) is 19.0 Å². The van der Waals surface area contributed by atoms with E-state index < -0.39 is 0 Å². The summed E-state index contributed by atoms with van der Waals surface area (Å²) in [5.41, 5.74) is -0.335. The second-order valence-corrected chi connectivity index (χ2v) is 4.95. The summed E-state index contributed by atoms with van der Waals surface area (Å²) in [6.45, 7) is 10.4. The van der Waals surface area contributed by atoms with E-state index in [4.69, 9.17) is 14.2 Å². The molecule has 0 spiro atoms. The van der Waals surface area contributed by atoms with Gasteiger partial charge in [0, 0.05) is 39.5 Å². The SMILES string of the molecule is CCOCCN(CCOCC)CC1(C=O)CCOC1. The summed E-state index contributed by atoms with van der Waals surface area (Å²) >= 11 is 0. The van der Waals surface area contributed by atoms with E-state index >= 15 is 0 Å². The van der Waals surface area contributed by atoms with Gasteiger partial charge in [0.1, 0.15) is 6.29 Å². The van der Waals surface area contributed by atoms with Crippen molar-refractivity contribution in [3.05, 3.63) is 0 Å². The predicted octanol–water partition coefficient (Wildman–Crippen LogP) is 0.967. The number of hydrogen-bond acceptors (Lipinski definition) is 5. The molecular formula is C14H27NO4. The molecule has 1 aliphatic rings. The molecule has 19 heavy (non-hydrogen) atoms. The first-order chi connectivity index (χ1) is 9.26. The smallest absolute Gasteiger partial charge is 0.129 e. The van der Waals surface area contributed by atoms with E-state index in [1.54, 1.807) is 0 Å². The summed E-state index contributed by atoms with van der Waals surface area (Å²) in [5.74, 6) is 0. The number of nitrogens with zero attached hydrogens (tertiary/aromatic N) is 1. The van der Waals surface area contributed by atoms with Crippen molar-refractivity contribution in [2.75, 3.05) is 59.3 Å². The molecule has 0 aromatic rings. The van der Waals surface area contributed by atoms with Gasteiger partial charge in [0.2, 0.25) is 0 Å². The molecule has 1 fully saturated rings. The lowest BCUT2D eigenvalue weighted by atomic mass is 9.88. The highest BCUT2D eigenvalue weighted by atomic mass is 16.5. The lowest BCUT2D eigenvalue weighted by molar-refractivity contribution is -0.117. The molecule has 0 N–H and O–H groups in total. The molecule has 0 amide bonds. The third-order valence-electron chi connectivity index (χ3n) is 3.43. The fourth-order valence-corrected chi connectivity index (χ4v) is 2.27. The zero-order chi connectivity index (χ0) is 14.0. The minimum absolute atomic E-state index is 0.335. The minimum Gasteiger partial charge on any atom is -0.380 e. The highest BCUT2D eigenvalue weighted by molar-refractivity contribution is 5.60. The molecule has 1 unspecified atom stereocenters. The number of carbonyl (C=O) groups is 1. The Hall–Kier alpha value is -0.490. The Balaban J connectivity index is 2.43. The molecular weight excluding hydrogens is 246 g/mol. The molecule has 1 atom stereocenters. The van der Waals surface area contributed by atoms with E-state index in [2.05, 4.69) is 4.90 Å². The highest BCUT2D eigenvalue weighted by Crippen LogP contribution is 2.27. The maximum absolute atomic E-state index is 11.4. The average Bonchev–Trinajstić information content (AvgIpc) is 2.88. The molecule has 112 valence electrons. The van der Waals surface area contributed by atoms with Crippen molar-refractivity contribution < 1.29 is 19.0 Å². The van der Waals surface area contributed by atoms with Crippen LogP contribution in [0.2, 0.25) is 0 Å². The van der Waals surface area contributed by atoms with Gasteiger partial charge in [-0.05, 0) is 20.3 Å². The average molecular weight is 273 g/mol. The maximum Gasteiger partial charge on any atom is 0.129 e. The van der Waals surface area contributed by atoms with Crippen LogP contribution in [-0.4, -0.2) is 70.5 Å². The van der Waals surface area contributed by atoms with Crippen LogP contribution in [0.15, 0.2) is 0 Å². The van der Waals surface area contributed by atoms with Crippen molar-refractivity contribution in [2.24, 2.45) is 5.41 Å². The van der Waals surface area contributed by atoms with Gasteiger partial charge in [-0.2, -0.15) is 0 Å². The molecule has 1 rings (SSSR count). The summed E-state index contributed by atoms with van der Waals surface area (Å²) in [5, 5.41) is 0. The van der Waals surface area contributed by atoms with Gasteiger partial charge in [-0.3, -0.25) is 4.90 Å². The van der Waals surface area contributed by atoms with Crippen LogP contribution in [0.25, 0.3) is 0 Å². The second kappa shape index (κ2) is 9.42. The maximum atomic E-state index is 11.4. The first kappa shape index (κ1) is 16.6. The van der Waals surface area contributed by atoms with Gasteiger partial charge in [-0.1, -0.05) is 0 Å². The molecule has 5 nitrogen and oxygen atoms in total. The number of hydrogen-bond donors (Lipinski definition) is 0. The van der Waals surface area contributed by atoms with Crippen molar-refractivity contribution >= 4 is 6.29 Å². The summed E-state index contributed by atoms with van der Waals surface area (Å²) in [4.78, 5) is 13.6. The number of carbonyl (C=O) groups excluding carboxylic acids is 1. The van der Waals surface area contributed by atoms with Gasteiger partial charge >= 0.3 is 0 Å². The van der Waals surface area contributed by atoms with E-state index in [1.807, 2.05) is 13.8 Å². The van der Waals surface area contributed by atoms with Crippen molar-refractivity contribution in [3.8, 4) is 0 Å². The fraction of sp³-hybridized carbons (Fsp3) is 0.929. The fourth-order valence-electron chi connectivity index (χ4n) is 2.27. The third-order valence-corrected chi connectivity index (χ3v) is 3.43. The van der Waals surface area contributed by atoms with Gasteiger partial charge in [0.15, 0.2) is 0 Å². The monoisotopic (exact) mass is 273 g/mol. The zero-order valence-corrected chi connectivity index (χ0v) is 12.2. The molecule has 1 aliphatic heterocycles. The first-order valence-corrected chi connectivity index (χ1v) is 7.18. The molecule has 1 heterocycles. The summed E-state index contributed by atoms with van der Waals surface area (Å²) < 4.78 is 16.2. The van der Waals surface area contributed by atoms with E-state index in [9.17, 15) is 4.79 Å². The Morgan fingerprint density at radius 3 is 2.26 bits per heavy atom. The largest absolute Gasteiger partial charge is 0.380 e. The molecule has 0 aromatic heterocycles. The van der Waals surface area contributed by atoms with Crippen LogP contribution in [0.4, 0.5) is 0 Å². The van der Waals surface area contributed by atoms with E-state index in [0.717, 1.165) is 45.6 Å². The van der Waals surface area contributed by atoms with Crippen LogP contribution >= 0.6 is 0 Å². The third kappa shape index (κ3) is 5.99. The van der Waals surface area contributed by atoms with Crippen LogP contribution in [0.3, 0.4) is 0 Å². The molecule has 0 bridgehead atoms. The van der Waals surface area contributed by atoms with Crippen LogP contribution in [0, 0.1) is 5.41 Å². The van der Waals surface area contributed by atoms with Gasteiger partial charge in [-0.25, -0.2) is 0 Å². The Labute approximate surface area is 116 Å². The standard InChI is InChI=1S/C14H27NO4/c1-3-17-9-6-15(7-10-18-4-2)11-14(12-16)5-8-19-13-14/h12H,3-11,13H2,1-2H3. The van der Waals surface area contributed by atoms with Gasteiger partial charge in [0.25, 0.3) is 0 Å². The Morgan fingerprint density at radius 2 is 1.84 bits per heavy atom. The van der Waals surface area contributed by atoms with Crippen molar-refractivity contribution in [3.63, 3.8) is 0 Å². The normalized spacial score (nSPS) is 23.1. The lowest BCUT2D eigenvalue weighted by Gasteiger charge is -2.30. The summed E-state index contributed by atoms with van der Waals surface area (Å²) in [7, 11) is 0. The van der Waals surface area contributed by atoms with E-state index in [1.165, 1.54) is 0 Å². The first-order valence-electron chi connectivity index (χ1n) is 7.18. The molecule has 0 radical (unpaired) electrons. The summed E-state index contributed by atoms with van der Waals surface area (Å²) in [6.07, 6.45) is 1.88. The molecule has 5 heteroatoms. The van der Waals surface area contributed by atoms with E-state index in [-0.39, 0.29) is 5.41 Å². The zero-order valence-electron chi connectivity index (χ0n) is 12.2. The van der Waals surface area contributed by atoms with Crippen molar-refractivity contribution in [1.29, 1.82) is 0 Å². The van der Waals surface area contributed by atoms with Crippen LogP contribution < -0.4 is 0 Å². The van der Waals surface area contributed by atoms with Gasteiger partial charge in [0.05, 0.1) is 25.2 Å². The van der Waals surface area contributed by atoms with E-state index in [0.29, 0.717) is 26.4 Å². The van der Waals surface area contributed by atoms with Crippen molar-refractivity contribution in [2.45, 2.75) is 20.3 Å². The van der Waals surface area contributed by atoms with Crippen molar-refractivity contribution in [1.82, 2.24) is 4.90 Å². The summed E-state index contributed by atoms with van der Waals surface area (Å²) in [6, 6.07) is 0. The molecule has 0 saturated carbocycles. The number of rotatable bonds is 11. The van der Waals surface area contributed by atoms with Crippen LogP contribution in [0.5, 0.6) is 0 Å². The Bertz CT molecular complexity index is 232. The Kier molecular flexibility index (Phi) is 8.21. The van der Waals surface area contributed by atoms with Gasteiger partial charge < -0.3 is 19.0 Å². The molecule has 0 aromatic carbocycles. The lowest BCUT2D eigenvalue weighted by Crippen LogP contribution is -2.42. The van der Waals surface area contributed by atoms with Crippen LogP contribution in [0.1, 0.15) is 20.3 Å². The van der Waals surface area contributed by atoms with Gasteiger partial charge in [-0.15, -0.1) is 0 Å². The Morgan fingerprint density at radius 1 is 1.21 bits per heavy atom. The second-order valence-electron chi connectivity index (χ2n) is 4.95.